The van der Waals surface area contributed by atoms with Crippen LogP contribution < -0.4 is 4.90 Å². The molecule has 0 aliphatic carbocycles. The Kier molecular flexibility index (Phi) is 5.86. The van der Waals surface area contributed by atoms with Crippen LogP contribution in [0.5, 0.6) is 0 Å². The molecule has 1 saturated heterocycles. The summed E-state index contributed by atoms with van der Waals surface area (Å²) in [5.41, 5.74) is 4.34. The molecule has 1 heterocycles. The topological polar surface area (TPSA) is 40.6 Å². The lowest BCUT2D eigenvalue weighted by molar-refractivity contribution is -0.127. The normalized spacial score (nSPS) is 13.5. The molecule has 0 bridgehead atoms. The molecular formula is C25H23ClN2O2. The van der Waals surface area contributed by atoms with Crippen LogP contribution in [0.2, 0.25) is 5.02 Å². The zero-order valence-corrected chi connectivity index (χ0v) is 17.6. The fourth-order valence-corrected chi connectivity index (χ4v) is 3.80. The van der Waals surface area contributed by atoms with E-state index < -0.39 is 0 Å². The number of amides is 2. The van der Waals surface area contributed by atoms with Crippen LogP contribution in [-0.2, 0) is 4.79 Å². The number of hydrogen-bond acceptors (Lipinski definition) is 2. The SMILES string of the molecule is Cc1ccc(N(CN2CCCC2=O)C(=O)c2ccc(-c3ccccc3)cc2)cc1Cl. The molecule has 3 aromatic rings. The summed E-state index contributed by atoms with van der Waals surface area (Å²) in [6.45, 7) is 2.80. The van der Waals surface area contributed by atoms with E-state index in [0.29, 0.717) is 29.2 Å². The summed E-state index contributed by atoms with van der Waals surface area (Å²) in [6.07, 6.45) is 1.35. The number of halogens is 1. The van der Waals surface area contributed by atoms with Gasteiger partial charge < -0.3 is 4.90 Å². The number of anilines is 1. The summed E-state index contributed by atoms with van der Waals surface area (Å²) in [5, 5.41) is 0.595. The van der Waals surface area contributed by atoms with Crippen LogP contribution in [0.4, 0.5) is 5.69 Å². The number of likely N-dealkylation sites (tertiary alicyclic amines) is 1. The highest BCUT2D eigenvalue weighted by atomic mass is 35.5. The van der Waals surface area contributed by atoms with Crippen LogP contribution in [0.3, 0.4) is 0 Å². The molecule has 1 aliphatic rings. The molecule has 4 rings (SSSR count). The number of carbonyl (C=O) groups excluding carboxylic acids is 2. The Hall–Kier alpha value is -3.11. The molecule has 4 nitrogen and oxygen atoms in total. The van der Waals surface area contributed by atoms with Gasteiger partial charge in [0.05, 0.1) is 0 Å². The van der Waals surface area contributed by atoms with Crippen molar-refractivity contribution in [1.29, 1.82) is 0 Å². The fourth-order valence-electron chi connectivity index (χ4n) is 3.63. The third kappa shape index (κ3) is 4.24. The smallest absolute Gasteiger partial charge is 0.259 e. The molecule has 0 radical (unpaired) electrons. The van der Waals surface area contributed by atoms with Gasteiger partial charge in [-0.3, -0.25) is 14.5 Å². The highest BCUT2D eigenvalue weighted by Gasteiger charge is 2.26. The van der Waals surface area contributed by atoms with E-state index in [9.17, 15) is 9.59 Å². The van der Waals surface area contributed by atoms with E-state index in [4.69, 9.17) is 11.6 Å². The molecule has 152 valence electrons. The Morgan fingerprint density at radius 1 is 1.00 bits per heavy atom. The minimum Gasteiger partial charge on any atom is -0.324 e. The fraction of sp³-hybridized carbons (Fsp3) is 0.200. The second-order valence-corrected chi connectivity index (χ2v) is 7.92. The number of aryl methyl sites for hydroxylation is 1. The molecule has 0 aromatic heterocycles. The Morgan fingerprint density at radius 3 is 2.33 bits per heavy atom. The first-order valence-electron chi connectivity index (χ1n) is 10.0. The largest absolute Gasteiger partial charge is 0.324 e. The Labute approximate surface area is 181 Å². The predicted octanol–water partition coefficient (Wildman–Crippen LogP) is 5.54. The van der Waals surface area contributed by atoms with E-state index in [0.717, 1.165) is 23.1 Å². The zero-order chi connectivity index (χ0) is 21.1. The first-order chi connectivity index (χ1) is 14.5. The van der Waals surface area contributed by atoms with Gasteiger partial charge in [0.15, 0.2) is 0 Å². The molecule has 0 saturated carbocycles. The maximum Gasteiger partial charge on any atom is 0.259 e. The van der Waals surface area contributed by atoms with E-state index >= 15 is 0 Å². The number of nitrogens with zero attached hydrogens (tertiary/aromatic N) is 2. The first-order valence-corrected chi connectivity index (χ1v) is 10.4. The zero-order valence-electron chi connectivity index (χ0n) is 16.8. The summed E-state index contributed by atoms with van der Waals surface area (Å²) < 4.78 is 0. The van der Waals surface area contributed by atoms with Gasteiger partial charge in [0.1, 0.15) is 6.67 Å². The summed E-state index contributed by atoms with van der Waals surface area (Å²) in [4.78, 5) is 29.0. The maximum atomic E-state index is 13.4. The van der Waals surface area contributed by atoms with Crippen LogP contribution >= 0.6 is 11.6 Å². The summed E-state index contributed by atoms with van der Waals surface area (Å²) in [5.74, 6) is -0.0836. The lowest BCUT2D eigenvalue weighted by atomic mass is 10.0. The van der Waals surface area contributed by atoms with Gasteiger partial charge in [0, 0.05) is 29.2 Å². The predicted molar refractivity (Wildman–Crippen MR) is 121 cm³/mol. The third-order valence-corrected chi connectivity index (χ3v) is 5.84. The molecule has 0 N–H and O–H groups in total. The molecule has 3 aromatic carbocycles. The van der Waals surface area contributed by atoms with Gasteiger partial charge in [-0.05, 0) is 54.3 Å². The lowest BCUT2D eigenvalue weighted by Crippen LogP contribution is -2.42. The Morgan fingerprint density at radius 2 is 1.70 bits per heavy atom. The van der Waals surface area contributed by atoms with Crippen molar-refractivity contribution in [3.63, 3.8) is 0 Å². The number of carbonyl (C=O) groups is 2. The molecule has 0 atom stereocenters. The summed E-state index contributed by atoms with van der Waals surface area (Å²) in [6, 6.07) is 23.1. The Balaban J connectivity index is 1.64. The van der Waals surface area contributed by atoms with Crippen molar-refractivity contribution in [3.8, 4) is 11.1 Å². The highest BCUT2D eigenvalue weighted by molar-refractivity contribution is 6.31. The molecule has 5 heteroatoms. The quantitative estimate of drug-likeness (QED) is 0.545. The minimum atomic E-state index is -0.158. The average Bonchev–Trinajstić information content (AvgIpc) is 3.19. The minimum absolute atomic E-state index is 0.0745. The number of rotatable bonds is 5. The van der Waals surface area contributed by atoms with Gasteiger partial charge in [-0.1, -0.05) is 60.1 Å². The number of hydrogen-bond donors (Lipinski definition) is 0. The van der Waals surface area contributed by atoms with Crippen molar-refractivity contribution in [2.45, 2.75) is 19.8 Å². The third-order valence-electron chi connectivity index (χ3n) is 5.43. The van der Waals surface area contributed by atoms with Gasteiger partial charge in [-0.2, -0.15) is 0 Å². The van der Waals surface area contributed by atoms with E-state index in [1.165, 1.54) is 0 Å². The van der Waals surface area contributed by atoms with Crippen molar-refractivity contribution in [3.05, 3.63) is 88.9 Å². The molecule has 0 spiro atoms. The van der Waals surface area contributed by atoms with Crippen LogP contribution in [0.1, 0.15) is 28.8 Å². The van der Waals surface area contributed by atoms with Crippen molar-refractivity contribution in [1.82, 2.24) is 4.90 Å². The molecular weight excluding hydrogens is 396 g/mol. The molecule has 1 fully saturated rings. The highest BCUT2D eigenvalue weighted by Crippen LogP contribution is 2.27. The van der Waals surface area contributed by atoms with Crippen LogP contribution in [-0.4, -0.2) is 29.9 Å². The van der Waals surface area contributed by atoms with Crippen molar-refractivity contribution in [2.24, 2.45) is 0 Å². The lowest BCUT2D eigenvalue weighted by Gasteiger charge is -2.28. The number of benzene rings is 3. The monoisotopic (exact) mass is 418 g/mol. The van der Waals surface area contributed by atoms with Gasteiger partial charge in [-0.15, -0.1) is 0 Å². The molecule has 30 heavy (non-hydrogen) atoms. The first kappa shape index (κ1) is 20.2. The average molecular weight is 419 g/mol. The maximum absolute atomic E-state index is 13.4. The van der Waals surface area contributed by atoms with Crippen LogP contribution in [0, 0.1) is 6.92 Å². The van der Waals surface area contributed by atoms with Crippen LogP contribution in [0.25, 0.3) is 11.1 Å². The standard InChI is InChI=1S/C25H23ClN2O2/c1-18-9-14-22(16-23(18)26)28(17-27-15-5-8-24(27)29)25(30)21-12-10-20(11-13-21)19-6-3-2-4-7-19/h2-4,6-7,9-14,16H,5,8,15,17H2,1H3. The molecule has 2 amide bonds. The van der Waals surface area contributed by atoms with Crippen molar-refractivity contribution >= 4 is 29.1 Å². The van der Waals surface area contributed by atoms with Crippen molar-refractivity contribution < 1.29 is 9.59 Å². The van der Waals surface area contributed by atoms with E-state index in [1.54, 1.807) is 15.9 Å². The molecule has 1 aliphatic heterocycles. The van der Waals surface area contributed by atoms with Crippen molar-refractivity contribution in [2.75, 3.05) is 18.1 Å². The second kappa shape index (κ2) is 8.72. The summed E-state index contributed by atoms with van der Waals surface area (Å²) >= 11 is 6.32. The van der Waals surface area contributed by atoms with Gasteiger partial charge in [0.25, 0.3) is 5.91 Å². The van der Waals surface area contributed by atoms with Gasteiger partial charge in [0.2, 0.25) is 5.91 Å². The van der Waals surface area contributed by atoms with E-state index in [2.05, 4.69) is 0 Å². The Bertz CT molecular complexity index is 1060. The second-order valence-electron chi connectivity index (χ2n) is 7.51. The van der Waals surface area contributed by atoms with Crippen LogP contribution in [0.15, 0.2) is 72.8 Å². The molecule has 0 unspecified atom stereocenters. The van der Waals surface area contributed by atoms with E-state index in [-0.39, 0.29) is 18.5 Å². The van der Waals surface area contributed by atoms with Gasteiger partial charge in [-0.25, -0.2) is 0 Å². The van der Waals surface area contributed by atoms with Gasteiger partial charge >= 0.3 is 0 Å². The van der Waals surface area contributed by atoms with E-state index in [1.807, 2.05) is 73.7 Å². The summed E-state index contributed by atoms with van der Waals surface area (Å²) in [7, 11) is 0.